The zero-order valence-corrected chi connectivity index (χ0v) is 11.5. The fourth-order valence-corrected chi connectivity index (χ4v) is 5.69. The van der Waals surface area contributed by atoms with Crippen LogP contribution in [0.25, 0.3) is 0 Å². The molecule has 0 N–H and O–H groups in total. The average molecular weight is 332 g/mol. The van der Waals surface area contributed by atoms with Crippen molar-refractivity contribution in [1.82, 2.24) is 0 Å². The summed E-state index contributed by atoms with van der Waals surface area (Å²) < 4.78 is 28.5. The highest BCUT2D eigenvalue weighted by atomic mass is 127. The maximum atomic E-state index is 11.3. The van der Waals surface area contributed by atoms with Crippen LogP contribution in [0.1, 0.15) is 26.7 Å². The second-order valence-electron chi connectivity index (χ2n) is 3.71. The minimum absolute atomic E-state index is 0.0921. The van der Waals surface area contributed by atoms with Gasteiger partial charge in [-0.15, -0.1) is 0 Å². The molecule has 2 atom stereocenters. The fraction of sp³-hybridized carbons (Fsp3) is 1.00. The van der Waals surface area contributed by atoms with Gasteiger partial charge in [0.2, 0.25) is 0 Å². The summed E-state index contributed by atoms with van der Waals surface area (Å²) in [6, 6.07) is 0. The Balaban J connectivity index is 2.54. The molecule has 1 heterocycles. The van der Waals surface area contributed by atoms with Crippen molar-refractivity contribution in [3.8, 4) is 0 Å². The molecule has 14 heavy (non-hydrogen) atoms. The lowest BCUT2D eigenvalue weighted by Gasteiger charge is -2.20. The predicted octanol–water partition coefficient (Wildman–Crippen LogP) is 1.79. The van der Waals surface area contributed by atoms with Crippen LogP contribution in [-0.2, 0) is 14.6 Å². The van der Waals surface area contributed by atoms with E-state index in [0.29, 0.717) is 0 Å². The van der Waals surface area contributed by atoms with E-state index in [1.54, 1.807) is 0 Å². The maximum absolute atomic E-state index is 11.3. The first-order chi connectivity index (χ1) is 6.48. The van der Waals surface area contributed by atoms with Gasteiger partial charge >= 0.3 is 0 Å². The van der Waals surface area contributed by atoms with E-state index < -0.39 is 9.84 Å². The molecule has 84 valence electrons. The molecule has 0 aromatic carbocycles. The van der Waals surface area contributed by atoms with Crippen molar-refractivity contribution in [1.29, 1.82) is 0 Å². The van der Waals surface area contributed by atoms with Gasteiger partial charge in [-0.3, -0.25) is 0 Å². The van der Waals surface area contributed by atoms with Gasteiger partial charge in [-0.25, -0.2) is 8.42 Å². The Morgan fingerprint density at radius 2 is 1.93 bits per heavy atom. The lowest BCUT2D eigenvalue weighted by molar-refractivity contribution is 0.00296. The van der Waals surface area contributed by atoms with Gasteiger partial charge in [-0.05, 0) is 12.8 Å². The van der Waals surface area contributed by atoms with Crippen LogP contribution < -0.4 is 0 Å². The van der Waals surface area contributed by atoms with Crippen LogP contribution in [0, 0.1) is 0 Å². The third kappa shape index (κ3) is 3.34. The Morgan fingerprint density at radius 3 is 2.29 bits per heavy atom. The van der Waals surface area contributed by atoms with Gasteiger partial charge in [0.15, 0.2) is 9.84 Å². The predicted molar refractivity (Wildman–Crippen MR) is 65.7 cm³/mol. The summed E-state index contributed by atoms with van der Waals surface area (Å²) in [5.74, 6) is 0.482. The van der Waals surface area contributed by atoms with Crippen molar-refractivity contribution in [3.63, 3.8) is 0 Å². The first-order valence-corrected chi connectivity index (χ1v) is 8.05. The zero-order valence-electron chi connectivity index (χ0n) is 8.57. The first-order valence-electron chi connectivity index (χ1n) is 4.98. The van der Waals surface area contributed by atoms with Gasteiger partial charge in [0.05, 0.1) is 27.6 Å². The van der Waals surface area contributed by atoms with Crippen molar-refractivity contribution >= 4 is 32.4 Å². The average Bonchev–Trinajstić information content (AvgIpc) is 2.35. The van der Waals surface area contributed by atoms with E-state index in [-0.39, 0.29) is 27.6 Å². The van der Waals surface area contributed by atoms with Crippen molar-refractivity contribution in [3.05, 3.63) is 0 Å². The van der Waals surface area contributed by atoms with E-state index in [0.717, 1.165) is 12.8 Å². The molecule has 0 radical (unpaired) electrons. The lowest BCUT2D eigenvalue weighted by atomic mass is 10.2. The molecule has 0 bridgehead atoms. The number of sulfone groups is 1. The van der Waals surface area contributed by atoms with E-state index in [4.69, 9.17) is 4.74 Å². The Morgan fingerprint density at radius 1 is 1.36 bits per heavy atom. The number of hydrogen-bond acceptors (Lipinski definition) is 3. The van der Waals surface area contributed by atoms with Crippen LogP contribution in [-0.4, -0.2) is 36.1 Å². The van der Waals surface area contributed by atoms with Gasteiger partial charge in [-0.2, -0.15) is 0 Å². The van der Waals surface area contributed by atoms with E-state index in [1.165, 1.54) is 0 Å². The van der Waals surface area contributed by atoms with Gasteiger partial charge < -0.3 is 4.74 Å². The number of halogens is 1. The van der Waals surface area contributed by atoms with Gasteiger partial charge in [-0.1, -0.05) is 36.4 Å². The molecule has 0 aliphatic carbocycles. The molecule has 0 aromatic rings. The largest absolute Gasteiger partial charge is 0.373 e. The van der Waals surface area contributed by atoms with Crippen LogP contribution in [0.15, 0.2) is 0 Å². The lowest BCUT2D eigenvalue weighted by Crippen LogP contribution is -2.27. The smallest absolute Gasteiger partial charge is 0.154 e. The maximum Gasteiger partial charge on any atom is 0.154 e. The Bertz CT molecular complexity index is 272. The molecular weight excluding hydrogens is 315 g/mol. The van der Waals surface area contributed by atoms with Crippen LogP contribution in [0.2, 0.25) is 0 Å². The summed E-state index contributed by atoms with van der Waals surface area (Å²) >= 11 is 2.18. The second kappa shape index (κ2) is 5.12. The minimum atomic E-state index is -2.84. The van der Waals surface area contributed by atoms with E-state index in [1.807, 2.05) is 0 Å². The van der Waals surface area contributed by atoms with Crippen molar-refractivity contribution < 1.29 is 13.2 Å². The second-order valence-corrected chi connectivity index (χ2v) is 7.46. The molecule has 1 aliphatic rings. The van der Waals surface area contributed by atoms with E-state index >= 15 is 0 Å². The van der Waals surface area contributed by atoms with Gasteiger partial charge in [0.25, 0.3) is 0 Å². The van der Waals surface area contributed by atoms with Crippen LogP contribution in [0.5, 0.6) is 0 Å². The van der Waals surface area contributed by atoms with Crippen molar-refractivity contribution in [2.24, 2.45) is 0 Å². The molecule has 5 heteroatoms. The minimum Gasteiger partial charge on any atom is -0.373 e. The molecule has 3 nitrogen and oxygen atoms in total. The number of rotatable bonds is 4. The summed E-state index contributed by atoms with van der Waals surface area (Å²) in [6.07, 6.45) is 2.03. The molecule has 0 aromatic heterocycles. The normalized spacial score (nSPS) is 31.1. The third-order valence-corrected chi connectivity index (χ3v) is 6.06. The third-order valence-electron chi connectivity index (χ3n) is 2.51. The Hall–Kier alpha value is 0.640. The van der Waals surface area contributed by atoms with Crippen LogP contribution in [0.3, 0.4) is 0 Å². The summed E-state index contributed by atoms with van der Waals surface area (Å²) in [5, 5.41) is 0. The quantitative estimate of drug-likeness (QED) is 0.582. The Labute approximate surface area is 99.7 Å². The molecule has 1 rings (SSSR count). The summed E-state index contributed by atoms with van der Waals surface area (Å²) in [4.78, 5) is 0. The molecule has 1 saturated heterocycles. The Kier molecular flexibility index (Phi) is 4.64. The van der Waals surface area contributed by atoms with Gasteiger partial charge in [0.1, 0.15) is 0 Å². The SMILES string of the molecule is CCC(CC)OC1CS(=O)(=O)CC1I. The highest BCUT2D eigenvalue weighted by Crippen LogP contribution is 2.25. The number of hydrogen-bond donors (Lipinski definition) is 0. The van der Waals surface area contributed by atoms with Gasteiger partial charge in [0, 0.05) is 0 Å². The van der Waals surface area contributed by atoms with E-state index in [2.05, 4.69) is 36.4 Å². The number of alkyl halides is 1. The fourth-order valence-electron chi connectivity index (χ4n) is 1.63. The van der Waals surface area contributed by atoms with Crippen LogP contribution >= 0.6 is 22.6 Å². The van der Waals surface area contributed by atoms with Crippen LogP contribution in [0.4, 0.5) is 0 Å². The molecule has 1 aliphatic heterocycles. The standard InChI is InChI=1S/C9H17IO3S/c1-3-7(4-2)13-9-6-14(11,12)5-8(9)10/h7-9H,3-6H2,1-2H3. The summed E-state index contributed by atoms with van der Waals surface area (Å²) in [6.45, 7) is 4.14. The number of ether oxygens (including phenoxy) is 1. The molecular formula is C9H17IO3S. The molecule has 1 fully saturated rings. The molecule has 0 spiro atoms. The van der Waals surface area contributed by atoms with E-state index in [9.17, 15) is 8.42 Å². The van der Waals surface area contributed by atoms with Crippen molar-refractivity contribution in [2.45, 2.75) is 42.8 Å². The summed E-state index contributed by atoms with van der Waals surface area (Å²) in [7, 11) is -2.84. The first kappa shape index (κ1) is 12.7. The van der Waals surface area contributed by atoms with Crippen molar-refractivity contribution in [2.75, 3.05) is 11.5 Å². The molecule has 0 saturated carbocycles. The highest BCUT2D eigenvalue weighted by molar-refractivity contribution is 14.1. The summed E-state index contributed by atoms with van der Waals surface area (Å²) in [5.41, 5.74) is 0. The topological polar surface area (TPSA) is 43.4 Å². The monoisotopic (exact) mass is 332 g/mol. The zero-order chi connectivity index (χ0) is 10.8. The molecule has 2 unspecified atom stereocenters. The molecule has 0 amide bonds. The highest BCUT2D eigenvalue weighted by Gasteiger charge is 2.37.